The fourth-order valence-corrected chi connectivity index (χ4v) is 6.14. The molecule has 8 rings (SSSR count). The van der Waals surface area contributed by atoms with Crippen molar-refractivity contribution < 1.29 is 4.42 Å². The molecule has 0 atom stereocenters. The molecule has 2 nitrogen and oxygen atoms in total. The zero-order chi connectivity index (χ0) is 29.3. The summed E-state index contributed by atoms with van der Waals surface area (Å²) in [6.07, 6.45) is 0. The summed E-state index contributed by atoms with van der Waals surface area (Å²) < 4.78 is 6.70. The SMILES string of the molecule is c1ccc(-c2ccc(N(c3ccccc3-c3ccccc3)c3cc(-c4ccccc4)cc4c3oc3ccccc34)cc2)cc1. The standard InChI is InChI=1S/C42H29NO/c1-4-14-30(15-5-1)32-24-26-35(27-25-32)43(39-22-12-10-20-36(39)33-18-8-3-9-19-33)40-29-34(31-16-6-2-7-17-31)28-38-37-21-11-13-23-41(37)44-42(38)40/h1-29H. The van der Waals surface area contributed by atoms with Crippen molar-refractivity contribution in [3.8, 4) is 33.4 Å². The van der Waals surface area contributed by atoms with Gasteiger partial charge < -0.3 is 9.32 Å². The highest BCUT2D eigenvalue weighted by atomic mass is 16.3. The summed E-state index contributed by atoms with van der Waals surface area (Å²) in [6.45, 7) is 0. The van der Waals surface area contributed by atoms with Gasteiger partial charge in [-0.3, -0.25) is 0 Å². The van der Waals surface area contributed by atoms with E-state index in [1.54, 1.807) is 0 Å². The molecule has 0 amide bonds. The lowest BCUT2D eigenvalue weighted by Crippen LogP contribution is -2.11. The second-order valence-corrected chi connectivity index (χ2v) is 11.0. The van der Waals surface area contributed by atoms with Crippen LogP contribution in [0.5, 0.6) is 0 Å². The summed E-state index contributed by atoms with van der Waals surface area (Å²) >= 11 is 0. The number of hydrogen-bond acceptors (Lipinski definition) is 2. The highest BCUT2D eigenvalue weighted by molar-refractivity contribution is 6.12. The van der Waals surface area contributed by atoms with E-state index in [0.717, 1.165) is 61.3 Å². The average molecular weight is 564 g/mol. The molecule has 0 aliphatic carbocycles. The maximum atomic E-state index is 6.70. The predicted octanol–water partition coefficient (Wildman–Crippen LogP) is 12.1. The Kier molecular flexibility index (Phi) is 6.51. The first kappa shape index (κ1) is 25.8. The number of furan rings is 1. The number of nitrogens with zero attached hydrogens (tertiary/aromatic N) is 1. The van der Waals surface area contributed by atoms with E-state index in [2.05, 4.69) is 175 Å². The lowest BCUT2D eigenvalue weighted by molar-refractivity contribution is 0.669. The van der Waals surface area contributed by atoms with E-state index in [-0.39, 0.29) is 0 Å². The summed E-state index contributed by atoms with van der Waals surface area (Å²) in [7, 11) is 0. The molecule has 0 spiro atoms. The van der Waals surface area contributed by atoms with Gasteiger partial charge >= 0.3 is 0 Å². The van der Waals surface area contributed by atoms with Crippen LogP contribution >= 0.6 is 0 Å². The molecule has 0 bridgehead atoms. The van der Waals surface area contributed by atoms with Gasteiger partial charge in [0.15, 0.2) is 5.58 Å². The Morgan fingerprint density at radius 2 is 0.909 bits per heavy atom. The van der Waals surface area contributed by atoms with Crippen molar-refractivity contribution in [2.24, 2.45) is 0 Å². The van der Waals surface area contributed by atoms with Gasteiger partial charge in [0.2, 0.25) is 0 Å². The molecule has 44 heavy (non-hydrogen) atoms. The van der Waals surface area contributed by atoms with Crippen LogP contribution in [-0.2, 0) is 0 Å². The van der Waals surface area contributed by atoms with Crippen molar-refractivity contribution in [2.75, 3.05) is 4.90 Å². The predicted molar refractivity (Wildman–Crippen MR) is 185 cm³/mol. The van der Waals surface area contributed by atoms with E-state index in [1.165, 1.54) is 11.1 Å². The van der Waals surface area contributed by atoms with E-state index in [4.69, 9.17) is 4.42 Å². The largest absolute Gasteiger partial charge is 0.454 e. The molecule has 7 aromatic carbocycles. The van der Waals surface area contributed by atoms with Crippen molar-refractivity contribution in [3.63, 3.8) is 0 Å². The van der Waals surface area contributed by atoms with Crippen LogP contribution in [0.2, 0.25) is 0 Å². The molecule has 0 radical (unpaired) electrons. The van der Waals surface area contributed by atoms with Crippen LogP contribution in [0.1, 0.15) is 0 Å². The van der Waals surface area contributed by atoms with Crippen LogP contribution in [0.3, 0.4) is 0 Å². The Hall–Kier alpha value is -5.86. The van der Waals surface area contributed by atoms with Gasteiger partial charge in [0.1, 0.15) is 5.58 Å². The fourth-order valence-electron chi connectivity index (χ4n) is 6.14. The number of benzene rings is 7. The Morgan fingerprint density at radius 3 is 1.61 bits per heavy atom. The summed E-state index contributed by atoms with van der Waals surface area (Å²) in [5.41, 5.74) is 11.9. The fraction of sp³-hybridized carbons (Fsp3) is 0. The van der Waals surface area contributed by atoms with E-state index in [0.29, 0.717) is 0 Å². The molecule has 1 aromatic heterocycles. The second-order valence-electron chi connectivity index (χ2n) is 11.0. The zero-order valence-electron chi connectivity index (χ0n) is 24.1. The number of rotatable bonds is 6. The third-order valence-electron chi connectivity index (χ3n) is 8.27. The summed E-state index contributed by atoms with van der Waals surface area (Å²) in [4.78, 5) is 2.36. The highest BCUT2D eigenvalue weighted by Crippen LogP contribution is 2.47. The highest BCUT2D eigenvalue weighted by Gasteiger charge is 2.23. The minimum atomic E-state index is 0.862. The van der Waals surface area contributed by atoms with Gasteiger partial charge in [0.25, 0.3) is 0 Å². The van der Waals surface area contributed by atoms with E-state index < -0.39 is 0 Å². The van der Waals surface area contributed by atoms with E-state index in [9.17, 15) is 0 Å². The molecule has 0 fully saturated rings. The second kappa shape index (κ2) is 11.1. The minimum absolute atomic E-state index is 0.862. The van der Waals surface area contributed by atoms with E-state index in [1.807, 2.05) is 6.07 Å². The minimum Gasteiger partial charge on any atom is -0.454 e. The molecular formula is C42H29NO. The smallest absolute Gasteiger partial charge is 0.159 e. The van der Waals surface area contributed by atoms with Crippen molar-refractivity contribution in [1.29, 1.82) is 0 Å². The molecule has 1 heterocycles. The Morgan fingerprint density at radius 1 is 0.364 bits per heavy atom. The van der Waals surface area contributed by atoms with Gasteiger partial charge in [0.05, 0.1) is 11.4 Å². The van der Waals surface area contributed by atoms with Gasteiger partial charge in [-0.2, -0.15) is 0 Å². The summed E-state index contributed by atoms with van der Waals surface area (Å²) in [5.74, 6) is 0. The molecule has 0 saturated carbocycles. The average Bonchev–Trinajstić information content (AvgIpc) is 3.49. The molecule has 0 saturated heterocycles. The first-order valence-electron chi connectivity index (χ1n) is 14.9. The van der Waals surface area contributed by atoms with E-state index >= 15 is 0 Å². The van der Waals surface area contributed by atoms with Crippen LogP contribution in [0.4, 0.5) is 17.1 Å². The monoisotopic (exact) mass is 563 g/mol. The van der Waals surface area contributed by atoms with Gasteiger partial charge in [0, 0.05) is 22.0 Å². The number of anilines is 3. The molecule has 0 N–H and O–H groups in total. The Balaban J connectivity index is 1.42. The third kappa shape index (κ3) is 4.63. The van der Waals surface area contributed by atoms with Crippen molar-refractivity contribution >= 4 is 39.0 Å². The molecule has 0 aliphatic heterocycles. The number of para-hydroxylation sites is 2. The van der Waals surface area contributed by atoms with Gasteiger partial charge in [-0.15, -0.1) is 0 Å². The van der Waals surface area contributed by atoms with Gasteiger partial charge in [-0.1, -0.05) is 140 Å². The third-order valence-corrected chi connectivity index (χ3v) is 8.27. The van der Waals surface area contributed by atoms with Crippen LogP contribution in [0, 0.1) is 0 Å². The zero-order valence-corrected chi connectivity index (χ0v) is 24.1. The number of fused-ring (bicyclic) bond motifs is 3. The van der Waals surface area contributed by atoms with Crippen LogP contribution in [0.25, 0.3) is 55.3 Å². The number of hydrogen-bond donors (Lipinski definition) is 0. The molecule has 8 aromatic rings. The van der Waals surface area contributed by atoms with Gasteiger partial charge in [-0.25, -0.2) is 0 Å². The van der Waals surface area contributed by atoms with Crippen molar-refractivity contribution in [2.45, 2.75) is 0 Å². The first-order chi connectivity index (χ1) is 21.8. The van der Waals surface area contributed by atoms with Crippen LogP contribution in [0.15, 0.2) is 180 Å². The summed E-state index contributed by atoms with van der Waals surface area (Å²) in [5, 5.41) is 2.21. The maximum absolute atomic E-state index is 6.70. The van der Waals surface area contributed by atoms with Crippen molar-refractivity contribution in [1.82, 2.24) is 0 Å². The molecule has 0 unspecified atom stereocenters. The molecule has 2 heteroatoms. The summed E-state index contributed by atoms with van der Waals surface area (Å²) in [6, 6.07) is 62.1. The van der Waals surface area contributed by atoms with Crippen LogP contribution < -0.4 is 4.90 Å². The molecule has 0 aliphatic rings. The Bertz CT molecular complexity index is 2200. The topological polar surface area (TPSA) is 16.4 Å². The normalized spacial score (nSPS) is 11.2. The first-order valence-corrected chi connectivity index (χ1v) is 14.9. The lowest BCUT2D eigenvalue weighted by atomic mass is 9.98. The van der Waals surface area contributed by atoms with Gasteiger partial charge in [-0.05, 0) is 64.2 Å². The maximum Gasteiger partial charge on any atom is 0.159 e. The van der Waals surface area contributed by atoms with Crippen molar-refractivity contribution in [3.05, 3.63) is 176 Å². The quantitative estimate of drug-likeness (QED) is 0.200. The van der Waals surface area contributed by atoms with Crippen LogP contribution in [-0.4, -0.2) is 0 Å². The Labute approximate surface area is 257 Å². The lowest BCUT2D eigenvalue weighted by Gasteiger charge is -2.28. The molecule has 208 valence electrons. The molecular weight excluding hydrogens is 534 g/mol.